The number of benzene rings is 2. The van der Waals surface area contributed by atoms with Crippen LogP contribution in [0.15, 0.2) is 47.4 Å². The molecule has 0 fully saturated rings. The number of thioether (sulfide) groups is 1. The molecule has 7 heteroatoms. The minimum Gasteiger partial charge on any atom is -0.387 e. The van der Waals surface area contributed by atoms with Gasteiger partial charge in [-0.15, -0.1) is 11.8 Å². The van der Waals surface area contributed by atoms with Crippen molar-refractivity contribution in [3.05, 3.63) is 63.6 Å². The molecule has 0 bridgehead atoms. The summed E-state index contributed by atoms with van der Waals surface area (Å²) >= 11 is 13.5. The van der Waals surface area contributed by atoms with Crippen molar-refractivity contribution in [2.75, 3.05) is 12.8 Å². The van der Waals surface area contributed by atoms with Crippen LogP contribution < -0.4 is 10.6 Å². The Morgan fingerprint density at radius 1 is 1.12 bits per heavy atom. The monoisotopic (exact) mass is 384 g/mol. The van der Waals surface area contributed by atoms with Gasteiger partial charge in [0, 0.05) is 28.0 Å². The summed E-state index contributed by atoms with van der Waals surface area (Å²) in [5.41, 5.74) is 1.56. The van der Waals surface area contributed by atoms with Gasteiger partial charge in [-0.1, -0.05) is 35.3 Å². The lowest BCUT2D eigenvalue weighted by Gasteiger charge is -2.14. The number of amides is 2. The van der Waals surface area contributed by atoms with E-state index in [-0.39, 0.29) is 12.6 Å². The Bertz CT molecular complexity index is 675. The van der Waals surface area contributed by atoms with Crippen molar-refractivity contribution in [2.45, 2.75) is 17.5 Å². The van der Waals surface area contributed by atoms with Crippen LogP contribution in [0.2, 0.25) is 10.0 Å². The molecule has 4 nitrogen and oxygen atoms in total. The summed E-state index contributed by atoms with van der Waals surface area (Å²) in [4.78, 5) is 13.0. The summed E-state index contributed by atoms with van der Waals surface area (Å²) in [6.07, 6.45) is 1.13. The second kappa shape index (κ2) is 9.18. The number of hydrogen-bond donors (Lipinski definition) is 3. The molecular formula is C17H18Cl2N2O2S. The Kier molecular flexibility index (Phi) is 7.24. The first-order valence-electron chi connectivity index (χ1n) is 7.26. The zero-order chi connectivity index (χ0) is 17.5. The fraction of sp³-hybridized carbons (Fsp3) is 0.235. The van der Waals surface area contributed by atoms with Gasteiger partial charge in [-0.2, -0.15) is 0 Å². The lowest BCUT2D eigenvalue weighted by Crippen LogP contribution is -2.37. The molecule has 128 valence electrons. The zero-order valence-corrected chi connectivity index (χ0v) is 15.4. The standard InChI is InChI=1S/C17H18Cl2N2O2S/c1-24-15-4-2-11(3-5-15)9-20-17(23)21-10-16(22)12-6-13(18)8-14(19)7-12/h2-8,16,22H,9-10H2,1H3,(H2,20,21,23). The van der Waals surface area contributed by atoms with E-state index in [1.165, 1.54) is 4.90 Å². The molecule has 2 rings (SSSR count). The smallest absolute Gasteiger partial charge is 0.315 e. The van der Waals surface area contributed by atoms with Crippen LogP contribution in [0.5, 0.6) is 0 Å². The Balaban J connectivity index is 1.79. The Morgan fingerprint density at radius 2 is 1.75 bits per heavy atom. The molecule has 0 heterocycles. The van der Waals surface area contributed by atoms with Gasteiger partial charge in [0.15, 0.2) is 0 Å². The van der Waals surface area contributed by atoms with E-state index in [0.717, 1.165) is 5.56 Å². The van der Waals surface area contributed by atoms with Crippen molar-refractivity contribution in [1.82, 2.24) is 10.6 Å². The van der Waals surface area contributed by atoms with E-state index < -0.39 is 6.10 Å². The number of aliphatic hydroxyl groups excluding tert-OH is 1. The average Bonchev–Trinajstić information content (AvgIpc) is 2.57. The first kappa shape index (κ1) is 18.9. The van der Waals surface area contributed by atoms with Crippen molar-refractivity contribution in [2.24, 2.45) is 0 Å². The van der Waals surface area contributed by atoms with E-state index in [2.05, 4.69) is 10.6 Å². The maximum Gasteiger partial charge on any atom is 0.315 e. The molecule has 24 heavy (non-hydrogen) atoms. The molecule has 0 aliphatic rings. The van der Waals surface area contributed by atoms with Crippen molar-refractivity contribution < 1.29 is 9.90 Å². The van der Waals surface area contributed by atoms with Gasteiger partial charge >= 0.3 is 6.03 Å². The molecular weight excluding hydrogens is 367 g/mol. The van der Waals surface area contributed by atoms with Gasteiger partial charge in [0.1, 0.15) is 0 Å². The van der Waals surface area contributed by atoms with E-state index in [4.69, 9.17) is 23.2 Å². The molecule has 2 aromatic rings. The molecule has 1 unspecified atom stereocenters. The fourth-order valence-corrected chi connectivity index (χ4v) is 3.01. The molecule has 0 saturated heterocycles. The minimum absolute atomic E-state index is 0.0634. The molecule has 2 amide bonds. The highest BCUT2D eigenvalue weighted by Crippen LogP contribution is 2.23. The normalized spacial score (nSPS) is 11.8. The van der Waals surface area contributed by atoms with Gasteiger partial charge in [0.25, 0.3) is 0 Å². The lowest BCUT2D eigenvalue weighted by atomic mass is 10.1. The summed E-state index contributed by atoms with van der Waals surface area (Å²) in [6, 6.07) is 12.4. The molecule has 0 aliphatic carbocycles. The Morgan fingerprint density at radius 3 is 2.33 bits per heavy atom. The predicted molar refractivity (Wildman–Crippen MR) is 99.9 cm³/mol. The number of carbonyl (C=O) groups is 1. The van der Waals surface area contributed by atoms with E-state index in [0.29, 0.717) is 22.2 Å². The van der Waals surface area contributed by atoms with Crippen LogP contribution in [0.1, 0.15) is 17.2 Å². The van der Waals surface area contributed by atoms with Crippen LogP contribution in [0.25, 0.3) is 0 Å². The number of rotatable bonds is 6. The maximum atomic E-state index is 11.8. The highest BCUT2D eigenvalue weighted by atomic mass is 35.5. The van der Waals surface area contributed by atoms with Gasteiger partial charge in [0.2, 0.25) is 0 Å². The number of hydrogen-bond acceptors (Lipinski definition) is 3. The number of halogens is 2. The maximum absolute atomic E-state index is 11.8. The van der Waals surface area contributed by atoms with Crippen LogP contribution >= 0.6 is 35.0 Å². The minimum atomic E-state index is -0.882. The number of aliphatic hydroxyl groups is 1. The number of nitrogens with one attached hydrogen (secondary N) is 2. The third-order valence-electron chi connectivity index (χ3n) is 3.34. The molecule has 0 aliphatic heterocycles. The van der Waals surface area contributed by atoms with E-state index in [1.54, 1.807) is 30.0 Å². The second-order valence-electron chi connectivity index (χ2n) is 5.13. The molecule has 2 aromatic carbocycles. The third kappa shape index (κ3) is 5.91. The number of carbonyl (C=O) groups excluding carboxylic acids is 1. The van der Waals surface area contributed by atoms with Crippen LogP contribution in [0, 0.1) is 0 Å². The Labute approximate surface area is 155 Å². The molecule has 0 saturated carbocycles. The van der Waals surface area contributed by atoms with Crippen molar-refractivity contribution >= 4 is 41.0 Å². The van der Waals surface area contributed by atoms with E-state index in [9.17, 15) is 9.90 Å². The lowest BCUT2D eigenvalue weighted by molar-refractivity contribution is 0.173. The van der Waals surface area contributed by atoms with Crippen molar-refractivity contribution in [3.8, 4) is 0 Å². The van der Waals surface area contributed by atoms with Gasteiger partial charge in [0.05, 0.1) is 6.10 Å². The summed E-state index contributed by atoms with van der Waals surface area (Å²) in [7, 11) is 0. The van der Waals surface area contributed by atoms with Gasteiger partial charge < -0.3 is 15.7 Å². The summed E-state index contributed by atoms with van der Waals surface area (Å²) in [6.45, 7) is 0.480. The zero-order valence-electron chi connectivity index (χ0n) is 13.1. The SMILES string of the molecule is CSc1ccc(CNC(=O)NCC(O)c2cc(Cl)cc(Cl)c2)cc1. The average molecular weight is 385 g/mol. The summed E-state index contributed by atoms with van der Waals surface area (Å²) < 4.78 is 0. The van der Waals surface area contributed by atoms with Crippen LogP contribution in [-0.4, -0.2) is 23.9 Å². The molecule has 0 spiro atoms. The second-order valence-corrected chi connectivity index (χ2v) is 6.88. The highest BCUT2D eigenvalue weighted by molar-refractivity contribution is 7.98. The third-order valence-corrected chi connectivity index (χ3v) is 4.52. The summed E-state index contributed by atoms with van der Waals surface area (Å²) in [5, 5.41) is 16.3. The topological polar surface area (TPSA) is 61.4 Å². The van der Waals surface area contributed by atoms with Crippen LogP contribution in [-0.2, 0) is 6.54 Å². The molecule has 0 radical (unpaired) electrons. The molecule has 1 atom stereocenters. The van der Waals surface area contributed by atoms with E-state index in [1.807, 2.05) is 30.5 Å². The van der Waals surface area contributed by atoms with Crippen LogP contribution in [0.4, 0.5) is 4.79 Å². The molecule has 3 N–H and O–H groups in total. The Hall–Kier alpha value is -1.40. The largest absolute Gasteiger partial charge is 0.387 e. The highest BCUT2D eigenvalue weighted by Gasteiger charge is 2.11. The van der Waals surface area contributed by atoms with Crippen LogP contribution in [0.3, 0.4) is 0 Å². The first-order chi connectivity index (χ1) is 11.5. The van der Waals surface area contributed by atoms with Gasteiger partial charge in [-0.3, -0.25) is 0 Å². The van der Waals surface area contributed by atoms with Crippen molar-refractivity contribution in [1.29, 1.82) is 0 Å². The summed E-state index contributed by atoms with van der Waals surface area (Å²) in [5.74, 6) is 0. The van der Waals surface area contributed by atoms with Gasteiger partial charge in [-0.05, 0) is 47.7 Å². The van der Waals surface area contributed by atoms with Gasteiger partial charge in [-0.25, -0.2) is 4.79 Å². The fourth-order valence-electron chi connectivity index (χ4n) is 2.06. The first-order valence-corrected chi connectivity index (χ1v) is 9.24. The molecule has 0 aromatic heterocycles. The number of urea groups is 1. The van der Waals surface area contributed by atoms with E-state index >= 15 is 0 Å². The quantitative estimate of drug-likeness (QED) is 0.652. The predicted octanol–water partition coefficient (Wildman–Crippen LogP) is 4.25. The van der Waals surface area contributed by atoms with Crippen molar-refractivity contribution in [3.63, 3.8) is 0 Å².